The van der Waals surface area contributed by atoms with Gasteiger partial charge in [0.1, 0.15) is 10.8 Å². The van der Waals surface area contributed by atoms with Crippen LogP contribution in [0.4, 0.5) is 4.39 Å². The van der Waals surface area contributed by atoms with E-state index in [2.05, 4.69) is 10.3 Å². The minimum Gasteiger partial charge on any atom is -0.345 e. The van der Waals surface area contributed by atoms with E-state index < -0.39 is 11.7 Å². The Morgan fingerprint density at radius 3 is 2.86 bits per heavy atom. The van der Waals surface area contributed by atoms with Crippen molar-refractivity contribution in [2.75, 3.05) is 0 Å². The number of nitrogens with one attached hydrogen (secondary N) is 1. The fraction of sp³-hybridized carbons (Fsp3) is 0.125. The zero-order chi connectivity index (χ0) is 14.8. The Labute approximate surface area is 125 Å². The van der Waals surface area contributed by atoms with Gasteiger partial charge in [-0.3, -0.25) is 4.79 Å². The standard InChI is InChI=1S/C16H13FN2OS/c1-10-5-4-6-11(15(10)17)16(20)18-9-14-19-12-7-2-3-8-13(12)21-14/h2-8H,9H2,1H3,(H,18,20). The van der Waals surface area contributed by atoms with Crippen molar-refractivity contribution in [3.05, 3.63) is 64.4 Å². The van der Waals surface area contributed by atoms with Crippen LogP contribution in [-0.2, 0) is 6.54 Å². The zero-order valence-electron chi connectivity index (χ0n) is 11.4. The quantitative estimate of drug-likeness (QED) is 0.802. The van der Waals surface area contributed by atoms with Crippen molar-refractivity contribution in [3.8, 4) is 0 Å². The maximum absolute atomic E-state index is 13.9. The van der Waals surface area contributed by atoms with Gasteiger partial charge >= 0.3 is 0 Å². The maximum Gasteiger partial charge on any atom is 0.254 e. The van der Waals surface area contributed by atoms with Crippen molar-refractivity contribution in [1.29, 1.82) is 0 Å². The minimum absolute atomic E-state index is 0.0658. The predicted molar refractivity (Wildman–Crippen MR) is 81.9 cm³/mol. The monoisotopic (exact) mass is 300 g/mol. The number of carbonyl (C=O) groups is 1. The molecule has 0 bridgehead atoms. The third-order valence-corrected chi connectivity index (χ3v) is 4.21. The molecule has 3 rings (SSSR count). The largest absolute Gasteiger partial charge is 0.345 e. The van der Waals surface area contributed by atoms with Gasteiger partial charge in [-0.2, -0.15) is 0 Å². The Balaban J connectivity index is 1.75. The molecular formula is C16H13FN2OS. The van der Waals surface area contributed by atoms with Gasteiger partial charge in [-0.15, -0.1) is 11.3 Å². The summed E-state index contributed by atoms with van der Waals surface area (Å²) in [6.07, 6.45) is 0. The zero-order valence-corrected chi connectivity index (χ0v) is 12.2. The molecule has 0 aliphatic rings. The lowest BCUT2D eigenvalue weighted by Gasteiger charge is -2.05. The van der Waals surface area contributed by atoms with E-state index in [0.717, 1.165) is 15.2 Å². The van der Waals surface area contributed by atoms with Gasteiger partial charge in [0, 0.05) is 0 Å². The smallest absolute Gasteiger partial charge is 0.254 e. The van der Waals surface area contributed by atoms with Crippen LogP contribution in [0.2, 0.25) is 0 Å². The van der Waals surface area contributed by atoms with Crippen molar-refractivity contribution in [2.24, 2.45) is 0 Å². The summed E-state index contributed by atoms with van der Waals surface area (Å²) in [5.41, 5.74) is 1.44. The van der Waals surface area contributed by atoms with E-state index >= 15 is 0 Å². The highest BCUT2D eigenvalue weighted by Crippen LogP contribution is 2.21. The Hall–Kier alpha value is -2.27. The van der Waals surface area contributed by atoms with E-state index in [1.54, 1.807) is 19.1 Å². The summed E-state index contributed by atoms with van der Waals surface area (Å²) in [6.45, 7) is 1.94. The van der Waals surface area contributed by atoms with Crippen LogP contribution in [0, 0.1) is 12.7 Å². The molecule has 1 N–H and O–H groups in total. The van der Waals surface area contributed by atoms with Crippen LogP contribution < -0.4 is 5.32 Å². The molecule has 21 heavy (non-hydrogen) atoms. The van der Waals surface area contributed by atoms with Crippen LogP contribution in [0.5, 0.6) is 0 Å². The van der Waals surface area contributed by atoms with Crippen LogP contribution in [0.15, 0.2) is 42.5 Å². The first-order chi connectivity index (χ1) is 10.1. The highest BCUT2D eigenvalue weighted by Gasteiger charge is 2.13. The fourth-order valence-electron chi connectivity index (χ4n) is 2.07. The Morgan fingerprint density at radius 1 is 1.24 bits per heavy atom. The van der Waals surface area contributed by atoms with E-state index in [-0.39, 0.29) is 5.56 Å². The molecule has 3 nitrogen and oxygen atoms in total. The van der Waals surface area contributed by atoms with Crippen LogP contribution >= 0.6 is 11.3 Å². The van der Waals surface area contributed by atoms with Crippen molar-refractivity contribution in [3.63, 3.8) is 0 Å². The van der Waals surface area contributed by atoms with Gasteiger partial charge in [-0.1, -0.05) is 24.3 Å². The Bertz CT molecular complexity index is 780. The van der Waals surface area contributed by atoms with E-state index in [9.17, 15) is 9.18 Å². The average Bonchev–Trinajstić information content (AvgIpc) is 2.90. The third kappa shape index (κ3) is 2.78. The number of halogens is 1. The number of rotatable bonds is 3. The average molecular weight is 300 g/mol. The van der Waals surface area contributed by atoms with E-state index in [1.807, 2.05) is 24.3 Å². The number of carbonyl (C=O) groups excluding carboxylic acids is 1. The lowest BCUT2D eigenvalue weighted by Crippen LogP contribution is -2.24. The number of fused-ring (bicyclic) bond motifs is 1. The molecule has 1 heterocycles. The second-order valence-corrected chi connectivity index (χ2v) is 5.81. The molecule has 0 aliphatic heterocycles. The van der Waals surface area contributed by atoms with Crippen molar-refractivity contribution in [2.45, 2.75) is 13.5 Å². The lowest BCUT2D eigenvalue weighted by atomic mass is 10.1. The van der Waals surface area contributed by atoms with Crippen LogP contribution in [-0.4, -0.2) is 10.9 Å². The van der Waals surface area contributed by atoms with Gasteiger partial charge in [0.15, 0.2) is 0 Å². The first-order valence-corrected chi connectivity index (χ1v) is 7.34. The second kappa shape index (κ2) is 5.61. The molecule has 0 radical (unpaired) electrons. The van der Waals surface area contributed by atoms with E-state index in [1.165, 1.54) is 17.4 Å². The summed E-state index contributed by atoms with van der Waals surface area (Å²) >= 11 is 1.52. The summed E-state index contributed by atoms with van der Waals surface area (Å²) < 4.78 is 14.9. The van der Waals surface area contributed by atoms with Crippen LogP contribution in [0.3, 0.4) is 0 Å². The number of para-hydroxylation sites is 1. The molecule has 3 aromatic rings. The molecule has 0 fully saturated rings. The fourth-order valence-corrected chi connectivity index (χ4v) is 2.98. The molecule has 0 saturated heterocycles. The van der Waals surface area contributed by atoms with Crippen LogP contribution in [0.1, 0.15) is 20.9 Å². The molecule has 0 atom stereocenters. The van der Waals surface area contributed by atoms with Crippen LogP contribution in [0.25, 0.3) is 10.2 Å². The Morgan fingerprint density at radius 2 is 2.05 bits per heavy atom. The van der Waals surface area contributed by atoms with Gasteiger partial charge in [0.05, 0.1) is 22.3 Å². The summed E-state index contributed by atoms with van der Waals surface area (Å²) in [5.74, 6) is -0.894. The van der Waals surface area contributed by atoms with Gasteiger partial charge in [-0.05, 0) is 30.7 Å². The van der Waals surface area contributed by atoms with Crippen molar-refractivity contribution < 1.29 is 9.18 Å². The van der Waals surface area contributed by atoms with Crippen molar-refractivity contribution >= 4 is 27.5 Å². The molecule has 1 aromatic heterocycles. The van der Waals surface area contributed by atoms with E-state index in [0.29, 0.717) is 12.1 Å². The molecule has 0 unspecified atom stereocenters. The second-order valence-electron chi connectivity index (χ2n) is 4.69. The first-order valence-electron chi connectivity index (χ1n) is 6.53. The number of thiazole rings is 1. The molecular weight excluding hydrogens is 287 g/mol. The molecule has 0 saturated carbocycles. The van der Waals surface area contributed by atoms with Gasteiger partial charge < -0.3 is 5.32 Å². The number of hydrogen-bond donors (Lipinski definition) is 1. The summed E-state index contributed by atoms with van der Waals surface area (Å²) in [6, 6.07) is 12.6. The normalized spacial score (nSPS) is 10.8. The number of hydrogen-bond acceptors (Lipinski definition) is 3. The summed E-state index contributed by atoms with van der Waals surface area (Å²) in [7, 11) is 0. The topological polar surface area (TPSA) is 42.0 Å². The molecule has 106 valence electrons. The molecule has 5 heteroatoms. The van der Waals surface area contributed by atoms with Crippen molar-refractivity contribution in [1.82, 2.24) is 10.3 Å². The number of nitrogens with zero attached hydrogens (tertiary/aromatic N) is 1. The molecule has 1 amide bonds. The Kier molecular flexibility index (Phi) is 3.66. The lowest BCUT2D eigenvalue weighted by molar-refractivity contribution is 0.0946. The van der Waals surface area contributed by atoms with Gasteiger partial charge in [0.25, 0.3) is 5.91 Å². The molecule has 0 spiro atoms. The predicted octanol–water partition coefficient (Wildman–Crippen LogP) is 3.67. The maximum atomic E-state index is 13.9. The summed E-state index contributed by atoms with van der Waals surface area (Å²) in [4.78, 5) is 16.5. The summed E-state index contributed by atoms with van der Waals surface area (Å²) in [5, 5.41) is 3.52. The highest BCUT2D eigenvalue weighted by molar-refractivity contribution is 7.18. The van der Waals surface area contributed by atoms with Gasteiger partial charge in [-0.25, -0.2) is 9.37 Å². The number of aryl methyl sites for hydroxylation is 1. The highest BCUT2D eigenvalue weighted by atomic mass is 32.1. The number of aromatic nitrogens is 1. The SMILES string of the molecule is Cc1cccc(C(=O)NCc2nc3ccccc3s2)c1F. The number of benzene rings is 2. The molecule has 0 aliphatic carbocycles. The van der Waals surface area contributed by atoms with E-state index in [4.69, 9.17) is 0 Å². The molecule has 2 aromatic carbocycles. The minimum atomic E-state index is -0.473. The third-order valence-electron chi connectivity index (χ3n) is 3.17. The first kappa shape index (κ1) is 13.7. The van der Waals surface area contributed by atoms with Gasteiger partial charge in [0.2, 0.25) is 0 Å². The number of amides is 1.